The molecular formula is C16H16N2O3. The first kappa shape index (κ1) is 14.8. The summed E-state index contributed by atoms with van der Waals surface area (Å²) in [5.41, 5.74) is 0.941. The normalized spacial score (nSPS) is 11.0. The summed E-state index contributed by atoms with van der Waals surface area (Å²) < 4.78 is 5.37. The van der Waals surface area contributed by atoms with Crippen LogP contribution in [0.25, 0.3) is 11.1 Å². The van der Waals surface area contributed by atoms with Crippen LogP contribution in [0, 0.1) is 11.3 Å². The molecule has 2 rings (SSSR count). The molecule has 108 valence electrons. The van der Waals surface area contributed by atoms with E-state index in [1.807, 2.05) is 6.07 Å². The summed E-state index contributed by atoms with van der Waals surface area (Å²) in [4.78, 5) is 3.98. The fraction of sp³-hybridized carbons (Fsp3) is 0.250. The lowest BCUT2D eigenvalue weighted by Crippen LogP contribution is -2.27. The van der Waals surface area contributed by atoms with Crippen molar-refractivity contribution >= 4 is 0 Å². The lowest BCUT2D eigenvalue weighted by atomic mass is 10.1. The van der Waals surface area contributed by atoms with Crippen LogP contribution in [0.4, 0.5) is 0 Å². The predicted octanol–water partition coefficient (Wildman–Crippen LogP) is 2.48. The number of aliphatic hydroxyl groups is 1. The van der Waals surface area contributed by atoms with Crippen molar-refractivity contribution in [2.24, 2.45) is 0 Å². The van der Waals surface area contributed by atoms with E-state index >= 15 is 0 Å². The highest BCUT2D eigenvalue weighted by atomic mass is 16.5. The second-order valence-electron chi connectivity index (χ2n) is 5.36. The van der Waals surface area contributed by atoms with Crippen LogP contribution in [0.15, 0.2) is 36.7 Å². The zero-order valence-electron chi connectivity index (χ0n) is 11.9. The Hall–Kier alpha value is -2.58. The van der Waals surface area contributed by atoms with Crippen LogP contribution < -0.4 is 4.74 Å². The molecule has 0 bridgehead atoms. The molecule has 1 aromatic heterocycles. The molecule has 0 unspecified atom stereocenters. The molecule has 0 saturated heterocycles. The third kappa shape index (κ3) is 3.94. The molecule has 5 heteroatoms. The van der Waals surface area contributed by atoms with E-state index in [1.54, 1.807) is 38.2 Å². The number of rotatable bonds is 4. The van der Waals surface area contributed by atoms with Crippen molar-refractivity contribution in [3.63, 3.8) is 0 Å². The molecule has 0 aliphatic carbocycles. The Morgan fingerprint density at radius 1 is 1.24 bits per heavy atom. The lowest BCUT2D eigenvalue weighted by molar-refractivity contribution is 0.0277. The number of ether oxygens (including phenoxy) is 1. The van der Waals surface area contributed by atoms with Gasteiger partial charge in [-0.2, -0.15) is 5.26 Å². The van der Waals surface area contributed by atoms with Crippen LogP contribution in [-0.2, 0) is 0 Å². The van der Waals surface area contributed by atoms with Crippen molar-refractivity contribution in [3.8, 4) is 28.7 Å². The largest absolute Gasteiger partial charge is 0.504 e. The highest BCUT2D eigenvalue weighted by molar-refractivity contribution is 5.67. The molecule has 0 amide bonds. The highest BCUT2D eigenvalue weighted by Crippen LogP contribution is 2.32. The molecule has 0 saturated carbocycles. The third-order valence-electron chi connectivity index (χ3n) is 2.74. The fourth-order valence-corrected chi connectivity index (χ4v) is 1.73. The van der Waals surface area contributed by atoms with Crippen LogP contribution in [0.2, 0.25) is 0 Å². The number of aromatic hydroxyl groups is 1. The van der Waals surface area contributed by atoms with Crippen LogP contribution in [-0.4, -0.2) is 27.4 Å². The van der Waals surface area contributed by atoms with Crippen molar-refractivity contribution in [2.45, 2.75) is 19.4 Å². The first-order chi connectivity index (χ1) is 9.89. The van der Waals surface area contributed by atoms with Crippen LogP contribution >= 0.6 is 0 Å². The minimum Gasteiger partial charge on any atom is -0.504 e. The topological polar surface area (TPSA) is 86.4 Å². The van der Waals surface area contributed by atoms with Crippen molar-refractivity contribution < 1.29 is 14.9 Å². The Balaban J connectivity index is 2.24. The molecule has 2 N–H and O–H groups in total. The third-order valence-corrected chi connectivity index (χ3v) is 2.74. The quantitative estimate of drug-likeness (QED) is 0.900. The number of nitriles is 1. The molecule has 21 heavy (non-hydrogen) atoms. The van der Waals surface area contributed by atoms with Gasteiger partial charge in [0.1, 0.15) is 12.7 Å². The van der Waals surface area contributed by atoms with E-state index in [0.717, 1.165) is 11.1 Å². The maximum Gasteiger partial charge on any atom is 0.161 e. The smallest absolute Gasteiger partial charge is 0.161 e. The Morgan fingerprint density at radius 2 is 2.00 bits per heavy atom. The summed E-state index contributed by atoms with van der Waals surface area (Å²) in [6, 6.07) is 8.64. The number of benzene rings is 1. The standard InChI is InChI=1S/C16H16N2O3/c1-16(2,20)10-21-15-4-3-12(6-14(15)19)13-5-11(7-17)8-18-9-13/h3-6,8-9,19-20H,10H2,1-2H3. The van der Waals surface area contributed by atoms with Gasteiger partial charge in [-0.3, -0.25) is 4.98 Å². The molecule has 0 aliphatic rings. The molecular weight excluding hydrogens is 268 g/mol. The molecule has 0 fully saturated rings. The van der Waals surface area contributed by atoms with Gasteiger partial charge in [-0.15, -0.1) is 0 Å². The molecule has 2 aromatic rings. The summed E-state index contributed by atoms with van der Waals surface area (Å²) in [6.45, 7) is 3.32. The van der Waals surface area contributed by atoms with Crippen LogP contribution in [0.1, 0.15) is 19.4 Å². The van der Waals surface area contributed by atoms with Gasteiger partial charge in [0.15, 0.2) is 11.5 Å². The van der Waals surface area contributed by atoms with E-state index in [0.29, 0.717) is 11.3 Å². The van der Waals surface area contributed by atoms with E-state index in [9.17, 15) is 10.2 Å². The van der Waals surface area contributed by atoms with E-state index < -0.39 is 5.60 Å². The fourth-order valence-electron chi connectivity index (χ4n) is 1.73. The van der Waals surface area contributed by atoms with E-state index in [4.69, 9.17) is 10.00 Å². The lowest BCUT2D eigenvalue weighted by Gasteiger charge is -2.18. The first-order valence-corrected chi connectivity index (χ1v) is 6.43. The summed E-state index contributed by atoms with van der Waals surface area (Å²) in [5, 5.41) is 28.5. The maximum atomic E-state index is 9.98. The van der Waals surface area contributed by atoms with Gasteiger partial charge >= 0.3 is 0 Å². The zero-order chi connectivity index (χ0) is 15.5. The van der Waals surface area contributed by atoms with Gasteiger partial charge < -0.3 is 14.9 Å². The van der Waals surface area contributed by atoms with Crippen LogP contribution in [0.3, 0.4) is 0 Å². The van der Waals surface area contributed by atoms with Crippen molar-refractivity contribution in [1.82, 2.24) is 4.98 Å². The maximum absolute atomic E-state index is 9.98. The SMILES string of the molecule is CC(C)(O)COc1ccc(-c2cncc(C#N)c2)cc1O. The Labute approximate surface area is 123 Å². The predicted molar refractivity (Wildman–Crippen MR) is 77.8 cm³/mol. The molecule has 0 radical (unpaired) electrons. The second-order valence-corrected chi connectivity index (χ2v) is 5.36. The Morgan fingerprint density at radius 3 is 2.62 bits per heavy atom. The number of nitrogens with zero attached hydrogens (tertiary/aromatic N) is 2. The van der Waals surface area contributed by atoms with Crippen molar-refractivity contribution in [2.75, 3.05) is 6.61 Å². The summed E-state index contributed by atoms with van der Waals surface area (Å²) in [7, 11) is 0. The summed E-state index contributed by atoms with van der Waals surface area (Å²) in [6.07, 6.45) is 3.09. The number of aromatic nitrogens is 1. The minimum atomic E-state index is -0.976. The second kappa shape index (κ2) is 5.81. The molecule has 0 spiro atoms. The van der Waals surface area contributed by atoms with Crippen LogP contribution in [0.5, 0.6) is 11.5 Å². The first-order valence-electron chi connectivity index (χ1n) is 6.43. The zero-order valence-corrected chi connectivity index (χ0v) is 11.9. The van der Waals surface area contributed by atoms with Gasteiger partial charge in [-0.05, 0) is 37.6 Å². The average molecular weight is 284 g/mol. The van der Waals surface area contributed by atoms with E-state index in [-0.39, 0.29) is 12.4 Å². The number of phenolic OH excluding ortho intramolecular Hbond substituents is 1. The number of phenols is 1. The van der Waals surface area contributed by atoms with Gasteiger partial charge in [-0.25, -0.2) is 0 Å². The Bertz CT molecular complexity index is 685. The van der Waals surface area contributed by atoms with Gasteiger partial charge in [-0.1, -0.05) is 6.07 Å². The number of hydrogen-bond acceptors (Lipinski definition) is 5. The molecule has 0 aliphatic heterocycles. The summed E-state index contributed by atoms with van der Waals surface area (Å²) in [5.74, 6) is 0.268. The average Bonchev–Trinajstić information content (AvgIpc) is 2.45. The van der Waals surface area contributed by atoms with Gasteiger partial charge in [0.05, 0.1) is 11.2 Å². The van der Waals surface area contributed by atoms with Gasteiger partial charge in [0, 0.05) is 18.0 Å². The van der Waals surface area contributed by atoms with Gasteiger partial charge in [0.25, 0.3) is 0 Å². The van der Waals surface area contributed by atoms with E-state index in [1.165, 1.54) is 12.3 Å². The van der Waals surface area contributed by atoms with E-state index in [2.05, 4.69) is 4.98 Å². The number of pyridine rings is 1. The molecule has 1 heterocycles. The van der Waals surface area contributed by atoms with Crippen molar-refractivity contribution in [3.05, 3.63) is 42.2 Å². The van der Waals surface area contributed by atoms with Gasteiger partial charge in [0.2, 0.25) is 0 Å². The van der Waals surface area contributed by atoms with Crippen molar-refractivity contribution in [1.29, 1.82) is 5.26 Å². The highest BCUT2D eigenvalue weighted by Gasteiger charge is 2.15. The summed E-state index contributed by atoms with van der Waals surface area (Å²) >= 11 is 0. The number of hydrogen-bond donors (Lipinski definition) is 2. The molecule has 1 aromatic carbocycles. The Kier molecular flexibility index (Phi) is 4.10. The molecule has 5 nitrogen and oxygen atoms in total. The minimum absolute atomic E-state index is 0.0286. The monoisotopic (exact) mass is 284 g/mol. The molecule has 0 atom stereocenters.